The molecule has 0 spiro atoms. The number of nitrogens with zero attached hydrogens (tertiary/aromatic N) is 3. The molecule has 0 fully saturated rings. The zero-order valence-electron chi connectivity index (χ0n) is 20.0. The Morgan fingerprint density at radius 2 is 1.97 bits per heavy atom. The van der Waals surface area contributed by atoms with Gasteiger partial charge < -0.3 is 10.1 Å². The van der Waals surface area contributed by atoms with Crippen molar-refractivity contribution < 1.29 is 14.3 Å². The van der Waals surface area contributed by atoms with Gasteiger partial charge in [-0.05, 0) is 66.8 Å². The van der Waals surface area contributed by atoms with Crippen LogP contribution in [-0.4, -0.2) is 33.5 Å². The number of hydrogen-bond acceptors (Lipinski definition) is 7. The molecular weight excluding hydrogens is 452 g/mol. The van der Waals surface area contributed by atoms with Gasteiger partial charge in [-0.1, -0.05) is 32.9 Å². The van der Waals surface area contributed by atoms with Gasteiger partial charge in [0.25, 0.3) is 5.56 Å². The fraction of sp³-hybridized carbons (Fsp3) is 0.480. The fourth-order valence-corrected chi connectivity index (χ4v) is 5.51. The van der Waals surface area contributed by atoms with E-state index in [1.807, 2.05) is 6.92 Å². The van der Waals surface area contributed by atoms with Crippen LogP contribution in [0.1, 0.15) is 61.3 Å². The molecule has 2 heterocycles. The number of anilines is 1. The van der Waals surface area contributed by atoms with Gasteiger partial charge in [-0.25, -0.2) is 9.48 Å². The molecule has 8 nitrogen and oxygen atoms in total. The van der Waals surface area contributed by atoms with Crippen LogP contribution in [0.5, 0.6) is 0 Å². The first-order valence-electron chi connectivity index (χ1n) is 11.6. The number of thiophene rings is 1. The number of fused-ring (bicyclic) bond motifs is 3. The van der Waals surface area contributed by atoms with Crippen LogP contribution in [0, 0.1) is 11.3 Å². The Morgan fingerprint density at radius 1 is 1.24 bits per heavy atom. The number of carbonyl (C=O) groups is 2. The average molecular weight is 483 g/mol. The third kappa shape index (κ3) is 5.04. The van der Waals surface area contributed by atoms with E-state index in [1.165, 1.54) is 4.88 Å². The van der Waals surface area contributed by atoms with Crippen LogP contribution >= 0.6 is 11.3 Å². The van der Waals surface area contributed by atoms with E-state index in [0.29, 0.717) is 34.0 Å². The van der Waals surface area contributed by atoms with E-state index in [1.54, 1.807) is 35.6 Å². The lowest BCUT2D eigenvalue weighted by Gasteiger charge is -2.33. The predicted molar refractivity (Wildman–Crippen MR) is 132 cm³/mol. The van der Waals surface area contributed by atoms with Gasteiger partial charge in [0.1, 0.15) is 6.54 Å². The lowest BCUT2D eigenvalue weighted by Crippen LogP contribution is -2.31. The van der Waals surface area contributed by atoms with Gasteiger partial charge in [0, 0.05) is 10.6 Å². The highest BCUT2D eigenvalue weighted by Crippen LogP contribution is 2.41. The quantitative estimate of drug-likeness (QED) is 0.528. The summed E-state index contributed by atoms with van der Waals surface area (Å²) in [4.78, 5) is 39.5. The summed E-state index contributed by atoms with van der Waals surface area (Å²) in [6, 6.07) is 6.43. The molecule has 1 atom stereocenters. The summed E-state index contributed by atoms with van der Waals surface area (Å²) >= 11 is 1.55. The molecule has 0 unspecified atom stereocenters. The maximum absolute atomic E-state index is 13.2. The van der Waals surface area contributed by atoms with Crippen molar-refractivity contribution in [2.45, 2.75) is 59.9 Å². The first-order valence-corrected chi connectivity index (χ1v) is 12.4. The summed E-state index contributed by atoms with van der Waals surface area (Å²) in [6.45, 7) is 8.82. The van der Waals surface area contributed by atoms with E-state index >= 15 is 0 Å². The van der Waals surface area contributed by atoms with E-state index in [2.05, 4.69) is 36.4 Å². The first kappa shape index (κ1) is 24.1. The SMILES string of the molecule is CCCOC(=O)c1ccc(NC(=O)Cn2nnc3sc4c(c3c2=O)CC[C@@H](C(C)(C)C)C4)cc1. The van der Waals surface area contributed by atoms with Crippen LogP contribution in [0.2, 0.25) is 0 Å². The number of ether oxygens (including phenoxy) is 1. The number of hydrogen-bond donors (Lipinski definition) is 1. The van der Waals surface area contributed by atoms with Crippen LogP contribution in [-0.2, 0) is 28.9 Å². The van der Waals surface area contributed by atoms with E-state index in [0.717, 1.165) is 35.9 Å². The molecule has 1 aromatic carbocycles. The summed E-state index contributed by atoms with van der Waals surface area (Å²) in [7, 11) is 0. The molecule has 0 radical (unpaired) electrons. The minimum absolute atomic E-state index is 0.214. The molecule has 0 aliphatic heterocycles. The summed E-state index contributed by atoms with van der Waals surface area (Å²) in [5.41, 5.74) is 1.93. The fourth-order valence-electron chi connectivity index (χ4n) is 4.27. The second-order valence-electron chi connectivity index (χ2n) is 9.80. The van der Waals surface area contributed by atoms with Gasteiger partial charge in [-0.15, -0.1) is 16.4 Å². The summed E-state index contributed by atoms with van der Waals surface area (Å²) in [6.07, 6.45) is 3.57. The average Bonchev–Trinajstić information content (AvgIpc) is 3.18. The van der Waals surface area contributed by atoms with E-state index < -0.39 is 11.9 Å². The van der Waals surface area contributed by atoms with E-state index in [9.17, 15) is 14.4 Å². The van der Waals surface area contributed by atoms with Crippen molar-refractivity contribution in [3.8, 4) is 0 Å². The number of benzene rings is 1. The number of nitrogens with one attached hydrogen (secondary N) is 1. The Hall–Kier alpha value is -3.07. The molecule has 4 rings (SSSR count). The molecule has 1 amide bonds. The molecule has 3 aromatic rings. The minimum atomic E-state index is -0.400. The van der Waals surface area contributed by atoms with E-state index in [4.69, 9.17) is 4.74 Å². The summed E-state index contributed by atoms with van der Waals surface area (Å²) in [5, 5.41) is 11.6. The molecule has 1 aliphatic carbocycles. The third-order valence-corrected chi connectivity index (χ3v) is 7.44. The number of rotatable bonds is 6. The maximum atomic E-state index is 13.2. The van der Waals surface area contributed by atoms with Crippen molar-refractivity contribution in [1.29, 1.82) is 0 Å². The Balaban J connectivity index is 1.47. The van der Waals surface area contributed by atoms with Crippen LogP contribution in [0.15, 0.2) is 29.1 Å². The van der Waals surface area contributed by atoms with Crippen molar-refractivity contribution in [3.63, 3.8) is 0 Å². The third-order valence-electron chi connectivity index (χ3n) is 6.30. The topological polar surface area (TPSA) is 103 Å². The molecule has 0 saturated heterocycles. The minimum Gasteiger partial charge on any atom is -0.462 e. The Labute approximate surface area is 202 Å². The Morgan fingerprint density at radius 3 is 2.65 bits per heavy atom. The van der Waals surface area contributed by atoms with Gasteiger partial charge in [0.05, 0.1) is 17.6 Å². The zero-order valence-corrected chi connectivity index (χ0v) is 20.8. The largest absolute Gasteiger partial charge is 0.462 e. The molecular formula is C25H30N4O4S. The molecule has 9 heteroatoms. The molecule has 0 saturated carbocycles. The van der Waals surface area contributed by atoms with Crippen LogP contribution in [0.25, 0.3) is 10.2 Å². The van der Waals surface area contributed by atoms with Gasteiger partial charge in [-0.2, -0.15) is 0 Å². The standard InChI is InChI=1S/C25H30N4O4S/c1-5-12-33-24(32)15-6-9-17(10-7-15)26-20(30)14-29-23(31)21-18-11-8-16(25(2,3)4)13-19(18)34-22(21)27-28-29/h6-7,9-10,16H,5,8,11-14H2,1-4H3,(H,26,30)/t16-/m1/s1. The number of aromatic nitrogens is 3. The highest BCUT2D eigenvalue weighted by molar-refractivity contribution is 7.18. The van der Waals surface area contributed by atoms with Crippen molar-refractivity contribution in [2.24, 2.45) is 11.3 Å². The Kier molecular flexibility index (Phi) is 6.84. The molecule has 180 valence electrons. The van der Waals surface area contributed by atoms with E-state index in [-0.39, 0.29) is 17.5 Å². The second kappa shape index (κ2) is 9.66. The number of esters is 1. The second-order valence-corrected chi connectivity index (χ2v) is 10.9. The van der Waals surface area contributed by atoms with Crippen LogP contribution < -0.4 is 10.9 Å². The van der Waals surface area contributed by atoms with Crippen molar-refractivity contribution >= 4 is 39.1 Å². The smallest absolute Gasteiger partial charge is 0.338 e. The monoisotopic (exact) mass is 482 g/mol. The highest BCUT2D eigenvalue weighted by atomic mass is 32.1. The van der Waals surface area contributed by atoms with Gasteiger partial charge >= 0.3 is 5.97 Å². The van der Waals surface area contributed by atoms with Crippen LogP contribution in [0.3, 0.4) is 0 Å². The van der Waals surface area contributed by atoms with Crippen LogP contribution in [0.4, 0.5) is 5.69 Å². The van der Waals surface area contributed by atoms with Gasteiger partial charge in [-0.3, -0.25) is 9.59 Å². The molecule has 1 N–H and O–H groups in total. The molecule has 0 bridgehead atoms. The first-order chi connectivity index (χ1) is 16.2. The molecule has 34 heavy (non-hydrogen) atoms. The van der Waals surface area contributed by atoms with Crippen molar-refractivity contribution in [1.82, 2.24) is 15.0 Å². The zero-order chi connectivity index (χ0) is 24.5. The number of amides is 1. The molecule has 1 aliphatic rings. The van der Waals surface area contributed by atoms with Gasteiger partial charge in [0.15, 0.2) is 4.83 Å². The number of aryl methyl sites for hydroxylation is 1. The summed E-state index contributed by atoms with van der Waals surface area (Å²) < 4.78 is 6.22. The summed E-state index contributed by atoms with van der Waals surface area (Å²) in [5.74, 6) is -0.231. The lowest BCUT2D eigenvalue weighted by molar-refractivity contribution is -0.117. The predicted octanol–water partition coefficient (Wildman–Crippen LogP) is 4.21. The number of carbonyl (C=O) groups excluding carboxylic acids is 2. The highest BCUT2D eigenvalue weighted by Gasteiger charge is 2.32. The van der Waals surface area contributed by atoms with Gasteiger partial charge in [0.2, 0.25) is 5.91 Å². The Bertz CT molecular complexity index is 1270. The van der Waals surface area contributed by atoms with Crippen molar-refractivity contribution in [3.05, 3.63) is 50.6 Å². The normalized spacial score (nSPS) is 15.7. The van der Waals surface area contributed by atoms with Crippen molar-refractivity contribution in [2.75, 3.05) is 11.9 Å². The molecule has 2 aromatic heterocycles. The maximum Gasteiger partial charge on any atom is 0.338 e. The lowest BCUT2D eigenvalue weighted by atomic mass is 9.72.